The third kappa shape index (κ3) is 4.89. The van der Waals surface area contributed by atoms with Crippen LogP contribution in [0, 0.1) is 11.7 Å². The standard InChI is InChI=1S/C21H25FN6O3/c1-31-21-25-17(24-20(26-21)27-9-3-2-4-10-27)12-23-19(30)14-11-18(29)28(13-14)16-7-5-15(22)6-8-16/h5-8,14H,2-4,9-13H2,1H3,(H,23,30). The molecule has 0 saturated carbocycles. The molecule has 0 bridgehead atoms. The molecule has 1 aromatic carbocycles. The molecule has 1 aromatic heterocycles. The fourth-order valence-corrected chi connectivity index (χ4v) is 3.86. The molecule has 0 aliphatic carbocycles. The quantitative estimate of drug-likeness (QED) is 0.747. The minimum Gasteiger partial charge on any atom is -0.467 e. The molecule has 2 aliphatic heterocycles. The highest BCUT2D eigenvalue weighted by Crippen LogP contribution is 2.25. The molecule has 2 amide bonds. The van der Waals surface area contributed by atoms with Gasteiger partial charge in [-0.25, -0.2) is 4.39 Å². The molecular weight excluding hydrogens is 403 g/mol. The summed E-state index contributed by atoms with van der Waals surface area (Å²) in [5.74, 6) is -0.336. The van der Waals surface area contributed by atoms with Crippen LogP contribution in [0.2, 0.25) is 0 Å². The van der Waals surface area contributed by atoms with Gasteiger partial charge in [-0.1, -0.05) is 0 Å². The molecule has 1 N–H and O–H groups in total. The molecule has 2 saturated heterocycles. The van der Waals surface area contributed by atoms with E-state index in [9.17, 15) is 14.0 Å². The molecule has 164 valence electrons. The first-order valence-corrected chi connectivity index (χ1v) is 10.4. The average molecular weight is 428 g/mol. The van der Waals surface area contributed by atoms with Gasteiger partial charge in [-0.3, -0.25) is 9.59 Å². The molecule has 2 aliphatic rings. The van der Waals surface area contributed by atoms with Crippen molar-refractivity contribution in [1.82, 2.24) is 20.3 Å². The highest BCUT2D eigenvalue weighted by Gasteiger charge is 2.35. The minimum atomic E-state index is -0.497. The monoisotopic (exact) mass is 428 g/mol. The molecule has 3 heterocycles. The van der Waals surface area contributed by atoms with Gasteiger partial charge >= 0.3 is 6.01 Å². The molecule has 2 aromatic rings. The number of halogens is 1. The lowest BCUT2D eigenvalue weighted by Gasteiger charge is -2.26. The Hall–Kier alpha value is -3.30. The predicted octanol–water partition coefficient (Wildman–Crippen LogP) is 1.68. The Bertz CT molecular complexity index is 949. The van der Waals surface area contributed by atoms with E-state index in [1.807, 2.05) is 0 Å². The van der Waals surface area contributed by atoms with Crippen LogP contribution in [-0.2, 0) is 16.1 Å². The number of benzene rings is 1. The van der Waals surface area contributed by atoms with Crippen LogP contribution in [-0.4, -0.2) is 53.5 Å². The largest absolute Gasteiger partial charge is 0.467 e. The lowest BCUT2D eigenvalue weighted by Crippen LogP contribution is -2.34. The second-order valence-electron chi connectivity index (χ2n) is 7.69. The van der Waals surface area contributed by atoms with E-state index in [2.05, 4.69) is 25.2 Å². The van der Waals surface area contributed by atoms with Crippen molar-refractivity contribution in [3.8, 4) is 6.01 Å². The number of amides is 2. The summed E-state index contributed by atoms with van der Waals surface area (Å²) < 4.78 is 18.3. The Balaban J connectivity index is 1.39. The van der Waals surface area contributed by atoms with E-state index in [0.29, 0.717) is 17.5 Å². The molecule has 1 unspecified atom stereocenters. The maximum atomic E-state index is 13.1. The number of anilines is 2. The van der Waals surface area contributed by atoms with Gasteiger partial charge in [0.15, 0.2) is 5.82 Å². The zero-order chi connectivity index (χ0) is 21.8. The number of piperidine rings is 1. The number of rotatable bonds is 6. The molecular formula is C21H25FN6O3. The number of hydrogen-bond acceptors (Lipinski definition) is 7. The summed E-state index contributed by atoms with van der Waals surface area (Å²) in [6.07, 6.45) is 3.46. The highest BCUT2D eigenvalue weighted by molar-refractivity contribution is 6.00. The number of nitrogens with zero attached hydrogens (tertiary/aromatic N) is 5. The van der Waals surface area contributed by atoms with Crippen molar-refractivity contribution in [2.24, 2.45) is 5.92 Å². The Morgan fingerprint density at radius 2 is 1.90 bits per heavy atom. The van der Waals surface area contributed by atoms with E-state index in [-0.39, 0.29) is 43.2 Å². The van der Waals surface area contributed by atoms with Gasteiger partial charge in [-0.15, -0.1) is 0 Å². The van der Waals surface area contributed by atoms with Gasteiger partial charge in [-0.05, 0) is 43.5 Å². The van der Waals surface area contributed by atoms with Crippen LogP contribution in [0.3, 0.4) is 0 Å². The van der Waals surface area contributed by atoms with E-state index in [1.54, 1.807) is 0 Å². The van der Waals surface area contributed by atoms with Crippen molar-refractivity contribution in [3.05, 3.63) is 35.9 Å². The first-order chi connectivity index (χ1) is 15.0. The normalized spacial score (nSPS) is 18.9. The van der Waals surface area contributed by atoms with Crippen LogP contribution in [0.1, 0.15) is 31.5 Å². The molecule has 9 nitrogen and oxygen atoms in total. The first kappa shape index (κ1) is 21.0. The van der Waals surface area contributed by atoms with Gasteiger partial charge in [0, 0.05) is 31.7 Å². The zero-order valence-corrected chi connectivity index (χ0v) is 17.4. The number of carbonyl (C=O) groups is 2. The predicted molar refractivity (Wildman–Crippen MR) is 111 cm³/mol. The number of nitrogens with one attached hydrogen (secondary N) is 1. The van der Waals surface area contributed by atoms with Gasteiger partial charge in [0.05, 0.1) is 19.6 Å². The Morgan fingerprint density at radius 3 is 2.61 bits per heavy atom. The van der Waals surface area contributed by atoms with Gasteiger partial charge < -0.3 is 19.9 Å². The summed E-state index contributed by atoms with van der Waals surface area (Å²) in [5, 5.41) is 2.82. The van der Waals surface area contributed by atoms with Crippen LogP contribution < -0.4 is 19.9 Å². The summed E-state index contributed by atoms with van der Waals surface area (Å²) >= 11 is 0. The van der Waals surface area contributed by atoms with Crippen molar-refractivity contribution in [2.45, 2.75) is 32.2 Å². The summed E-state index contributed by atoms with van der Waals surface area (Å²) in [4.78, 5) is 41.7. The van der Waals surface area contributed by atoms with Crippen molar-refractivity contribution < 1.29 is 18.7 Å². The third-order valence-corrected chi connectivity index (χ3v) is 5.53. The van der Waals surface area contributed by atoms with Gasteiger partial charge in [0.25, 0.3) is 0 Å². The van der Waals surface area contributed by atoms with Crippen LogP contribution in [0.25, 0.3) is 0 Å². The fourth-order valence-electron chi connectivity index (χ4n) is 3.86. The Kier molecular flexibility index (Phi) is 6.24. The molecule has 2 fully saturated rings. The van der Waals surface area contributed by atoms with E-state index in [0.717, 1.165) is 25.9 Å². The van der Waals surface area contributed by atoms with Crippen molar-refractivity contribution >= 4 is 23.5 Å². The maximum absolute atomic E-state index is 13.1. The lowest BCUT2D eigenvalue weighted by atomic mass is 10.1. The number of ether oxygens (including phenoxy) is 1. The second kappa shape index (κ2) is 9.23. The van der Waals surface area contributed by atoms with E-state index < -0.39 is 5.92 Å². The molecule has 4 rings (SSSR count). The Labute approximate surface area is 179 Å². The number of hydrogen-bond donors (Lipinski definition) is 1. The van der Waals surface area contributed by atoms with Crippen molar-refractivity contribution in [3.63, 3.8) is 0 Å². The summed E-state index contributed by atoms with van der Waals surface area (Å²) in [5.41, 5.74) is 0.579. The highest BCUT2D eigenvalue weighted by atomic mass is 19.1. The van der Waals surface area contributed by atoms with Crippen LogP contribution in [0.5, 0.6) is 6.01 Å². The summed E-state index contributed by atoms with van der Waals surface area (Å²) in [7, 11) is 1.49. The average Bonchev–Trinajstić information content (AvgIpc) is 3.20. The topological polar surface area (TPSA) is 101 Å². The number of aromatic nitrogens is 3. The molecule has 31 heavy (non-hydrogen) atoms. The number of carbonyl (C=O) groups excluding carboxylic acids is 2. The molecule has 0 radical (unpaired) electrons. The molecule has 0 spiro atoms. The first-order valence-electron chi connectivity index (χ1n) is 10.4. The zero-order valence-electron chi connectivity index (χ0n) is 17.4. The fraction of sp³-hybridized carbons (Fsp3) is 0.476. The lowest BCUT2D eigenvalue weighted by molar-refractivity contribution is -0.126. The van der Waals surface area contributed by atoms with E-state index in [1.165, 1.54) is 42.7 Å². The van der Waals surface area contributed by atoms with E-state index >= 15 is 0 Å². The summed E-state index contributed by atoms with van der Waals surface area (Å²) in [6.45, 7) is 2.11. The second-order valence-corrected chi connectivity index (χ2v) is 7.69. The smallest absolute Gasteiger partial charge is 0.321 e. The van der Waals surface area contributed by atoms with Crippen LogP contribution >= 0.6 is 0 Å². The number of methoxy groups -OCH3 is 1. The van der Waals surface area contributed by atoms with Gasteiger partial charge in [0.1, 0.15) is 5.82 Å². The van der Waals surface area contributed by atoms with Crippen molar-refractivity contribution in [2.75, 3.05) is 36.5 Å². The van der Waals surface area contributed by atoms with Crippen LogP contribution in [0.4, 0.5) is 16.0 Å². The third-order valence-electron chi connectivity index (χ3n) is 5.53. The van der Waals surface area contributed by atoms with Gasteiger partial charge in [-0.2, -0.15) is 15.0 Å². The Morgan fingerprint density at radius 1 is 1.16 bits per heavy atom. The van der Waals surface area contributed by atoms with Gasteiger partial charge in [0.2, 0.25) is 17.8 Å². The van der Waals surface area contributed by atoms with Crippen molar-refractivity contribution in [1.29, 1.82) is 0 Å². The maximum Gasteiger partial charge on any atom is 0.321 e. The summed E-state index contributed by atoms with van der Waals surface area (Å²) in [6, 6.07) is 5.87. The van der Waals surface area contributed by atoms with Crippen LogP contribution in [0.15, 0.2) is 24.3 Å². The minimum absolute atomic E-state index is 0.1000. The van der Waals surface area contributed by atoms with E-state index in [4.69, 9.17) is 4.74 Å². The SMILES string of the molecule is COc1nc(CNC(=O)C2CC(=O)N(c3ccc(F)cc3)C2)nc(N2CCCCC2)n1. The molecule has 1 atom stereocenters. The molecule has 10 heteroatoms.